The van der Waals surface area contributed by atoms with Gasteiger partial charge < -0.3 is 24.9 Å². The molecule has 2 rings (SSSR count). The van der Waals surface area contributed by atoms with Gasteiger partial charge in [-0.1, -0.05) is 11.8 Å². The van der Waals surface area contributed by atoms with Crippen LogP contribution in [0.2, 0.25) is 0 Å². The first kappa shape index (κ1) is 17.5. The predicted molar refractivity (Wildman–Crippen MR) is 86.3 cm³/mol. The molecule has 1 aromatic heterocycles. The van der Waals surface area contributed by atoms with Gasteiger partial charge in [-0.2, -0.15) is 5.01 Å². The van der Waals surface area contributed by atoms with E-state index in [1.165, 1.54) is 0 Å². The lowest BCUT2D eigenvalue weighted by Gasteiger charge is -2.26. The standard InChI is InChI=1S/C13H22N6O3S/c1-3-14-13(21)23-9-4-11(20)15-12-10-19(16-22-12)18-7-5-17(2)6-8-18/h10H,3-9H2,1-2H3,(H-,14,15,16,20,21). The maximum Gasteiger partial charge on any atom is 0.279 e. The third kappa shape index (κ3) is 5.71. The third-order valence-corrected chi connectivity index (χ3v) is 4.13. The Balaban J connectivity index is 1.73. The van der Waals surface area contributed by atoms with Crippen molar-refractivity contribution in [3.05, 3.63) is 11.5 Å². The van der Waals surface area contributed by atoms with Crippen LogP contribution in [-0.2, 0) is 4.79 Å². The Hall–Kier alpha value is -1.81. The number of aromatic nitrogens is 2. The van der Waals surface area contributed by atoms with Crippen molar-refractivity contribution in [1.29, 1.82) is 0 Å². The van der Waals surface area contributed by atoms with Gasteiger partial charge in [0.05, 0.1) is 23.8 Å². The quantitative estimate of drug-likeness (QED) is 0.739. The Morgan fingerprint density at radius 2 is 2.17 bits per heavy atom. The number of carbonyl (C=O) groups excluding carboxylic acids is 2. The van der Waals surface area contributed by atoms with Gasteiger partial charge in [-0.3, -0.25) is 4.79 Å². The zero-order chi connectivity index (χ0) is 16.7. The summed E-state index contributed by atoms with van der Waals surface area (Å²) < 4.78 is 5.07. The molecule has 9 nitrogen and oxygen atoms in total. The summed E-state index contributed by atoms with van der Waals surface area (Å²) in [4.78, 5) is 26.8. The number of rotatable bonds is 6. The average molecular weight is 342 g/mol. The van der Waals surface area contributed by atoms with E-state index in [0.717, 1.165) is 37.9 Å². The van der Waals surface area contributed by atoms with Crippen LogP contribution in [0.15, 0.2) is 10.7 Å². The molecular weight excluding hydrogens is 320 g/mol. The first-order valence-corrected chi connectivity index (χ1v) is 8.54. The highest BCUT2D eigenvalue weighted by Crippen LogP contribution is 2.17. The zero-order valence-corrected chi connectivity index (χ0v) is 14.2. The van der Waals surface area contributed by atoms with E-state index in [4.69, 9.17) is 4.52 Å². The average Bonchev–Trinajstić information content (AvgIpc) is 2.96. The summed E-state index contributed by atoms with van der Waals surface area (Å²) in [6.07, 6.45) is 1.77. The second-order valence-corrected chi connectivity index (χ2v) is 6.21. The second-order valence-electron chi connectivity index (χ2n) is 5.14. The molecule has 10 heteroatoms. The highest BCUT2D eigenvalue weighted by molar-refractivity contribution is 8.13. The molecule has 0 spiro atoms. The van der Waals surface area contributed by atoms with Crippen molar-refractivity contribution in [2.24, 2.45) is 0 Å². The van der Waals surface area contributed by atoms with Crippen LogP contribution in [0, 0.1) is 0 Å². The van der Waals surface area contributed by atoms with E-state index in [9.17, 15) is 9.59 Å². The minimum atomic E-state index is -0.330. The van der Waals surface area contributed by atoms with Gasteiger partial charge in [0, 0.05) is 25.4 Å². The van der Waals surface area contributed by atoms with Gasteiger partial charge in [-0.05, 0) is 20.4 Å². The lowest BCUT2D eigenvalue weighted by Crippen LogP contribution is -2.64. The largest absolute Gasteiger partial charge is 0.588 e. The van der Waals surface area contributed by atoms with Crippen molar-refractivity contribution in [3.8, 4) is 0 Å². The fourth-order valence-corrected chi connectivity index (χ4v) is 2.73. The number of nitrogens with zero attached hydrogens (tertiary/aromatic N) is 5. The molecular formula is C13H22N6O3S. The molecule has 0 aromatic carbocycles. The molecule has 0 bridgehead atoms. The Morgan fingerprint density at radius 1 is 1.43 bits per heavy atom. The number of hydrogen-bond donors (Lipinski definition) is 1. The zero-order valence-electron chi connectivity index (χ0n) is 13.4. The van der Waals surface area contributed by atoms with Crippen LogP contribution >= 0.6 is 11.8 Å². The molecule has 0 aliphatic carbocycles. The number of nitrogens with one attached hydrogen (secondary N) is 1. The van der Waals surface area contributed by atoms with Crippen LogP contribution in [0.1, 0.15) is 13.3 Å². The van der Waals surface area contributed by atoms with E-state index in [-0.39, 0.29) is 23.5 Å². The Labute approximate surface area is 139 Å². The molecule has 128 valence electrons. The molecule has 0 saturated carbocycles. The number of thioether (sulfide) groups is 1. The number of hydrogen-bond acceptors (Lipinski definition) is 7. The fourth-order valence-electron chi connectivity index (χ4n) is 2.02. The van der Waals surface area contributed by atoms with Crippen LogP contribution < -0.4 is 15.1 Å². The summed E-state index contributed by atoms with van der Waals surface area (Å²) in [5, 5.41) is 12.3. The van der Waals surface area contributed by atoms with Crippen LogP contribution in [-0.4, -0.2) is 66.8 Å². The molecule has 1 aliphatic rings. The highest BCUT2D eigenvalue weighted by Gasteiger charge is 2.22. The van der Waals surface area contributed by atoms with Gasteiger partial charge in [0.25, 0.3) is 11.4 Å². The van der Waals surface area contributed by atoms with E-state index in [2.05, 4.69) is 27.9 Å². The summed E-state index contributed by atoms with van der Waals surface area (Å²) in [7, 11) is 2.07. The second kappa shape index (κ2) is 8.73. The third-order valence-electron chi connectivity index (χ3n) is 3.32. The van der Waals surface area contributed by atoms with Crippen molar-refractivity contribution in [2.75, 3.05) is 50.5 Å². The maximum absolute atomic E-state index is 11.8. The summed E-state index contributed by atoms with van der Waals surface area (Å²) in [6.45, 7) is 5.99. The molecule has 1 aliphatic heterocycles. The van der Waals surface area contributed by atoms with Crippen LogP contribution in [0.25, 0.3) is 5.32 Å². The molecule has 1 saturated heterocycles. The van der Waals surface area contributed by atoms with Crippen molar-refractivity contribution in [1.82, 2.24) is 15.5 Å². The van der Waals surface area contributed by atoms with Crippen molar-refractivity contribution in [3.63, 3.8) is 0 Å². The highest BCUT2D eigenvalue weighted by atomic mass is 32.2. The van der Waals surface area contributed by atoms with Gasteiger partial charge in [0.1, 0.15) is 5.88 Å². The van der Waals surface area contributed by atoms with Gasteiger partial charge in [-0.15, -0.1) is 0 Å². The fraction of sp³-hybridized carbons (Fsp3) is 0.692. The number of amides is 2. The molecule has 1 N–H and O–H groups in total. The molecule has 1 aromatic rings. The lowest BCUT2D eigenvalue weighted by atomic mass is 10.4. The van der Waals surface area contributed by atoms with E-state index in [0.29, 0.717) is 12.3 Å². The maximum atomic E-state index is 11.8. The molecule has 2 amide bonds. The van der Waals surface area contributed by atoms with Crippen molar-refractivity contribution >= 4 is 28.8 Å². The van der Waals surface area contributed by atoms with Crippen LogP contribution in [0.5, 0.6) is 0 Å². The lowest BCUT2D eigenvalue weighted by molar-refractivity contribution is -0.759. The van der Waals surface area contributed by atoms with Gasteiger partial charge in [-0.25, -0.2) is 0 Å². The Bertz CT molecular complexity index is 530. The van der Waals surface area contributed by atoms with E-state index >= 15 is 0 Å². The molecule has 23 heavy (non-hydrogen) atoms. The van der Waals surface area contributed by atoms with Gasteiger partial charge in [0.2, 0.25) is 5.27 Å². The van der Waals surface area contributed by atoms with Crippen molar-refractivity contribution < 1.29 is 18.9 Å². The summed E-state index contributed by atoms with van der Waals surface area (Å²) >= 11 is 1.07. The van der Waals surface area contributed by atoms with Crippen LogP contribution in [0.4, 0.5) is 10.7 Å². The number of piperazine rings is 1. The monoisotopic (exact) mass is 342 g/mol. The van der Waals surface area contributed by atoms with Gasteiger partial charge >= 0.3 is 0 Å². The minimum Gasteiger partial charge on any atom is -0.588 e. The smallest absolute Gasteiger partial charge is 0.279 e. The number of likely N-dealkylation sites (N-methyl/N-ethyl adjacent to an activating group) is 1. The SMILES string of the molecule is CCNC(=O)SCCC(=O)[N-]c1c[n+](N2CCN(C)CC2)no1. The normalized spacial score (nSPS) is 15.5. The summed E-state index contributed by atoms with van der Waals surface area (Å²) in [6, 6.07) is 0. The first-order chi connectivity index (χ1) is 11.1. The summed E-state index contributed by atoms with van der Waals surface area (Å²) in [5.74, 6) is 0.237. The molecule has 2 heterocycles. The molecule has 1 fully saturated rings. The molecule has 0 unspecified atom stereocenters. The summed E-state index contributed by atoms with van der Waals surface area (Å²) in [5.41, 5.74) is 0. The van der Waals surface area contributed by atoms with E-state index < -0.39 is 0 Å². The Morgan fingerprint density at radius 3 is 2.87 bits per heavy atom. The first-order valence-electron chi connectivity index (χ1n) is 7.56. The van der Waals surface area contributed by atoms with Gasteiger partial charge in [0.15, 0.2) is 0 Å². The van der Waals surface area contributed by atoms with E-state index in [1.54, 1.807) is 11.0 Å². The molecule has 0 atom stereocenters. The van der Waals surface area contributed by atoms with Crippen molar-refractivity contribution in [2.45, 2.75) is 13.3 Å². The topological polar surface area (TPSA) is 96.7 Å². The molecule has 0 radical (unpaired) electrons. The predicted octanol–water partition coefficient (Wildman–Crippen LogP) is 0.230. The van der Waals surface area contributed by atoms with E-state index in [1.807, 2.05) is 11.9 Å². The number of carbonyl (C=O) groups is 2. The van der Waals surface area contributed by atoms with Crippen LogP contribution in [0.3, 0.4) is 0 Å². The minimum absolute atomic E-state index is 0.132. The Kier molecular flexibility index (Phi) is 6.66.